The first-order valence-corrected chi connectivity index (χ1v) is 4.85. The molecule has 0 bridgehead atoms. The largest absolute Gasteiger partial charge is 0.267 e. The van der Waals surface area contributed by atoms with E-state index in [9.17, 15) is 0 Å². The van der Waals surface area contributed by atoms with Crippen LogP contribution < -0.4 is 0 Å². The summed E-state index contributed by atoms with van der Waals surface area (Å²) in [5.74, 6) is 0.565. The van der Waals surface area contributed by atoms with Gasteiger partial charge in [0.2, 0.25) is 0 Å². The summed E-state index contributed by atoms with van der Waals surface area (Å²) in [5.41, 5.74) is 2.42. The summed E-state index contributed by atoms with van der Waals surface area (Å²) in [5, 5.41) is 4.29. The molecule has 0 radical (unpaired) electrons. The molecule has 0 aliphatic rings. The molecule has 0 spiro atoms. The van der Waals surface area contributed by atoms with Gasteiger partial charge in [0.15, 0.2) is 0 Å². The van der Waals surface area contributed by atoms with Crippen LogP contribution in [0.15, 0.2) is 6.20 Å². The molecule has 0 aliphatic carbocycles. The van der Waals surface area contributed by atoms with E-state index in [2.05, 4.69) is 25.9 Å². The molecule has 0 aromatic carbocycles. The van der Waals surface area contributed by atoms with Crippen molar-refractivity contribution in [3.63, 3.8) is 0 Å². The van der Waals surface area contributed by atoms with Gasteiger partial charge >= 0.3 is 0 Å². The third-order valence-electron chi connectivity index (χ3n) is 1.95. The van der Waals surface area contributed by atoms with Crippen LogP contribution in [0.5, 0.6) is 0 Å². The van der Waals surface area contributed by atoms with E-state index in [1.54, 1.807) is 0 Å². The zero-order valence-electron chi connectivity index (χ0n) is 7.84. The lowest BCUT2D eigenvalue weighted by Crippen LogP contribution is -2.07. The summed E-state index contributed by atoms with van der Waals surface area (Å²) in [7, 11) is 0. The molecule has 2 nitrogen and oxygen atoms in total. The van der Waals surface area contributed by atoms with Crippen LogP contribution in [-0.4, -0.2) is 9.78 Å². The second-order valence-electron chi connectivity index (χ2n) is 3.14. The van der Waals surface area contributed by atoms with Gasteiger partial charge in [0.05, 0.1) is 12.1 Å². The smallest absolute Gasteiger partial charge is 0.0536 e. The Kier molecular flexibility index (Phi) is 3.15. The molecular formula is C9H15ClN2. The van der Waals surface area contributed by atoms with E-state index >= 15 is 0 Å². The van der Waals surface area contributed by atoms with E-state index in [4.69, 9.17) is 11.6 Å². The Balaban J connectivity index is 3.05. The fourth-order valence-electron chi connectivity index (χ4n) is 1.37. The van der Waals surface area contributed by atoms with Crippen LogP contribution >= 0.6 is 11.6 Å². The maximum absolute atomic E-state index is 5.78. The monoisotopic (exact) mass is 186 g/mol. The average Bonchev–Trinajstić information content (AvgIpc) is 2.46. The summed E-state index contributed by atoms with van der Waals surface area (Å²) >= 11 is 5.78. The Bertz CT molecular complexity index is 253. The molecule has 0 saturated carbocycles. The molecular weight excluding hydrogens is 172 g/mol. The van der Waals surface area contributed by atoms with Gasteiger partial charge in [0, 0.05) is 17.3 Å². The minimum absolute atomic E-state index is 0.428. The SMILES string of the molecule is CCc1c(CCl)cnn1C(C)C. The number of alkyl halides is 1. The molecule has 68 valence electrons. The lowest BCUT2D eigenvalue weighted by Gasteiger charge is -2.10. The first-order chi connectivity index (χ1) is 5.70. The number of aromatic nitrogens is 2. The van der Waals surface area contributed by atoms with Gasteiger partial charge in [-0.15, -0.1) is 11.6 Å². The summed E-state index contributed by atoms with van der Waals surface area (Å²) in [6.07, 6.45) is 2.87. The predicted octanol–water partition coefficient (Wildman–Crippen LogP) is 2.77. The first-order valence-electron chi connectivity index (χ1n) is 4.31. The Labute approximate surface area is 78.5 Å². The zero-order chi connectivity index (χ0) is 9.14. The van der Waals surface area contributed by atoms with Crippen LogP contribution in [0.3, 0.4) is 0 Å². The standard InChI is InChI=1S/C9H15ClN2/c1-4-9-8(5-10)6-11-12(9)7(2)3/h6-7H,4-5H2,1-3H3. The fourth-order valence-corrected chi connectivity index (χ4v) is 1.59. The second kappa shape index (κ2) is 3.94. The van der Waals surface area contributed by atoms with Gasteiger partial charge < -0.3 is 0 Å². The summed E-state index contributed by atoms with van der Waals surface area (Å²) in [6, 6.07) is 0.428. The van der Waals surface area contributed by atoms with E-state index in [-0.39, 0.29) is 0 Å². The molecule has 1 aromatic heterocycles. The summed E-state index contributed by atoms with van der Waals surface area (Å²) in [6.45, 7) is 6.39. The molecule has 0 N–H and O–H groups in total. The van der Waals surface area contributed by atoms with Crippen LogP contribution in [0.4, 0.5) is 0 Å². The van der Waals surface area contributed by atoms with Gasteiger partial charge in [0.1, 0.15) is 0 Å². The molecule has 0 saturated heterocycles. The van der Waals surface area contributed by atoms with Gasteiger partial charge in [0.25, 0.3) is 0 Å². The van der Waals surface area contributed by atoms with Crippen LogP contribution in [0, 0.1) is 0 Å². The number of nitrogens with zero attached hydrogens (tertiary/aromatic N) is 2. The molecule has 3 heteroatoms. The lowest BCUT2D eigenvalue weighted by atomic mass is 10.2. The van der Waals surface area contributed by atoms with Crippen molar-refractivity contribution in [3.8, 4) is 0 Å². The van der Waals surface area contributed by atoms with Crippen LogP contribution in [0.1, 0.15) is 38.1 Å². The highest BCUT2D eigenvalue weighted by Gasteiger charge is 2.09. The topological polar surface area (TPSA) is 17.8 Å². The molecule has 0 unspecified atom stereocenters. The number of halogens is 1. The molecule has 1 aromatic rings. The van der Waals surface area contributed by atoms with Crippen molar-refractivity contribution in [3.05, 3.63) is 17.5 Å². The maximum Gasteiger partial charge on any atom is 0.0536 e. The predicted molar refractivity (Wildman–Crippen MR) is 51.5 cm³/mol. The van der Waals surface area contributed by atoms with Crippen LogP contribution in [0.2, 0.25) is 0 Å². The van der Waals surface area contributed by atoms with Crippen molar-refractivity contribution < 1.29 is 0 Å². The molecule has 12 heavy (non-hydrogen) atoms. The second-order valence-corrected chi connectivity index (χ2v) is 3.41. The average molecular weight is 187 g/mol. The van der Waals surface area contributed by atoms with E-state index in [1.807, 2.05) is 10.9 Å². The highest BCUT2D eigenvalue weighted by atomic mass is 35.5. The Morgan fingerprint density at radius 1 is 1.58 bits per heavy atom. The Hall–Kier alpha value is -0.500. The Morgan fingerprint density at radius 2 is 2.25 bits per heavy atom. The molecule has 0 atom stereocenters. The van der Waals surface area contributed by atoms with E-state index < -0.39 is 0 Å². The molecule has 0 amide bonds. The van der Waals surface area contributed by atoms with Gasteiger partial charge in [-0.25, -0.2) is 0 Å². The minimum Gasteiger partial charge on any atom is -0.267 e. The lowest BCUT2D eigenvalue weighted by molar-refractivity contribution is 0.511. The molecule has 0 aliphatic heterocycles. The van der Waals surface area contributed by atoms with Crippen LogP contribution in [-0.2, 0) is 12.3 Å². The van der Waals surface area contributed by atoms with Gasteiger partial charge in [-0.1, -0.05) is 6.92 Å². The van der Waals surface area contributed by atoms with Gasteiger partial charge in [-0.3, -0.25) is 4.68 Å². The highest BCUT2D eigenvalue weighted by molar-refractivity contribution is 6.17. The number of hydrogen-bond acceptors (Lipinski definition) is 1. The zero-order valence-corrected chi connectivity index (χ0v) is 8.60. The van der Waals surface area contributed by atoms with E-state index in [1.165, 1.54) is 5.69 Å². The number of rotatable bonds is 3. The summed E-state index contributed by atoms with van der Waals surface area (Å²) < 4.78 is 2.04. The third kappa shape index (κ3) is 1.63. The van der Waals surface area contributed by atoms with E-state index in [0.717, 1.165) is 12.0 Å². The third-order valence-corrected chi connectivity index (χ3v) is 2.24. The van der Waals surface area contributed by atoms with Crippen molar-refractivity contribution in [2.24, 2.45) is 0 Å². The molecule has 0 fully saturated rings. The molecule has 1 rings (SSSR count). The van der Waals surface area contributed by atoms with Crippen molar-refractivity contribution in [2.75, 3.05) is 0 Å². The quantitative estimate of drug-likeness (QED) is 0.664. The Morgan fingerprint density at radius 3 is 2.67 bits per heavy atom. The van der Waals surface area contributed by atoms with Gasteiger partial charge in [-0.05, 0) is 20.3 Å². The van der Waals surface area contributed by atoms with Crippen LogP contribution in [0.25, 0.3) is 0 Å². The first kappa shape index (κ1) is 9.59. The fraction of sp³-hybridized carbons (Fsp3) is 0.667. The normalized spacial score (nSPS) is 11.1. The summed E-state index contributed by atoms with van der Waals surface area (Å²) in [4.78, 5) is 0. The molecule has 1 heterocycles. The maximum atomic E-state index is 5.78. The minimum atomic E-state index is 0.428. The number of hydrogen-bond donors (Lipinski definition) is 0. The van der Waals surface area contributed by atoms with Crippen molar-refractivity contribution in [1.82, 2.24) is 9.78 Å². The van der Waals surface area contributed by atoms with Crippen molar-refractivity contribution in [2.45, 2.75) is 39.1 Å². The van der Waals surface area contributed by atoms with Crippen molar-refractivity contribution in [1.29, 1.82) is 0 Å². The van der Waals surface area contributed by atoms with E-state index in [0.29, 0.717) is 11.9 Å². The highest BCUT2D eigenvalue weighted by Crippen LogP contribution is 2.15. The van der Waals surface area contributed by atoms with Gasteiger partial charge in [-0.2, -0.15) is 5.10 Å². The van der Waals surface area contributed by atoms with Crippen molar-refractivity contribution >= 4 is 11.6 Å².